The van der Waals surface area contributed by atoms with Crippen molar-refractivity contribution in [1.82, 2.24) is 5.32 Å². The van der Waals surface area contributed by atoms with E-state index < -0.39 is 17.1 Å². The second-order valence-electron chi connectivity index (χ2n) is 4.82. The van der Waals surface area contributed by atoms with Crippen molar-refractivity contribution < 1.29 is 24.2 Å². The number of methoxy groups -OCH3 is 1. The van der Waals surface area contributed by atoms with Crippen molar-refractivity contribution in [2.45, 2.75) is 11.7 Å². The zero-order valence-corrected chi connectivity index (χ0v) is 16.4. The quantitative estimate of drug-likeness (QED) is 0.338. The van der Waals surface area contributed by atoms with Crippen LogP contribution in [0.5, 0.6) is 11.5 Å². The highest BCUT2D eigenvalue weighted by molar-refractivity contribution is 14.1. The van der Waals surface area contributed by atoms with Gasteiger partial charge in [0.05, 0.1) is 23.3 Å². The maximum absolute atomic E-state index is 11.6. The molecule has 0 aliphatic carbocycles. The first-order chi connectivity index (χ1) is 12.4. The minimum Gasteiger partial charge on any atom is -0.493 e. The Labute approximate surface area is 166 Å². The predicted octanol–water partition coefficient (Wildman–Crippen LogP) is 1.60. The maximum Gasteiger partial charge on any atom is 0.305 e. The first kappa shape index (κ1) is 20.0. The van der Waals surface area contributed by atoms with E-state index >= 15 is 0 Å². The summed E-state index contributed by atoms with van der Waals surface area (Å²) in [6.45, 7) is -0.0954. The van der Waals surface area contributed by atoms with Gasteiger partial charge in [-0.05, 0) is 40.3 Å². The van der Waals surface area contributed by atoms with Crippen LogP contribution in [0, 0.1) is 14.9 Å². The summed E-state index contributed by atoms with van der Waals surface area (Å²) < 4.78 is 11.3. The van der Waals surface area contributed by atoms with Crippen LogP contribution in [0.1, 0.15) is 12.0 Å². The Bertz CT molecular complexity index is 821. The second-order valence-corrected chi connectivity index (χ2v) is 7.18. The van der Waals surface area contributed by atoms with E-state index in [1.165, 1.54) is 13.3 Å². The molecule has 1 aromatic rings. The molecule has 0 radical (unpaired) electrons. The van der Waals surface area contributed by atoms with Gasteiger partial charge in [-0.25, -0.2) is 0 Å². The topological polar surface area (TPSA) is 133 Å². The molecule has 26 heavy (non-hydrogen) atoms. The number of carboxylic acid groups (broad SMARTS) is 1. The number of hydrogen-bond donors (Lipinski definition) is 2. The number of nitrogens with one attached hydrogen (secondary N) is 1. The van der Waals surface area contributed by atoms with Crippen molar-refractivity contribution >= 4 is 57.6 Å². The Kier molecular flexibility index (Phi) is 7.22. The molecule has 0 bridgehead atoms. The van der Waals surface area contributed by atoms with Gasteiger partial charge in [-0.2, -0.15) is 10.4 Å². The summed E-state index contributed by atoms with van der Waals surface area (Å²) in [6.07, 6.45) is 1.18. The average molecular weight is 488 g/mol. The first-order valence-electron chi connectivity index (χ1n) is 7.12. The molecule has 1 aliphatic rings. The van der Waals surface area contributed by atoms with Gasteiger partial charge in [-0.15, -0.1) is 5.10 Å². The normalized spacial score (nSPS) is 18.0. The third-order valence-electron chi connectivity index (χ3n) is 3.02. The summed E-state index contributed by atoms with van der Waals surface area (Å²) in [4.78, 5) is 22.3. The van der Waals surface area contributed by atoms with E-state index in [1.54, 1.807) is 12.1 Å². The van der Waals surface area contributed by atoms with Crippen LogP contribution in [0.4, 0.5) is 0 Å². The molecule has 1 unspecified atom stereocenters. The number of carbonyl (C=O) groups excluding carboxylic acids is 1. The first-order valence-corrected chi connectivity index (χ1v) is 9.08. The van der Waals surface area contributed by atoms with Crippen molar-refractivity contribution in [2.75, 3.05) is 13.7 Å². The summed E-state index contributed by atoms with van der Waals surface area (Å²) in [6, 6.07) is 5.34. The fourth-order valence-corrected chi connectivity index (χ4v) is 3.65. The molecule has 1 aliphatic heterocycles. The zero-order valence-electron chi connectivity index (χ0n) is 13.4. The van der Waals surface area contributed by atoms with Crippen LogP contribution in [-0.2, 0) is 9.59 Å². The molecule has 11 heteroatoms. The number of amidine groups is 1. The summed E-state index contributed by atoms with van der Waals surface area (Å²) in [7, 11) is 1.49. The Morgan fingerprint density at radius 2 is 2.35 bits per heavy atom. The SMILES string of the molecule is COc1cc(C=NN=C2NC(=O)C(CC(=O)O)S2)cc(I)c1OCC#N. The van der Waals surface area contributed by atoms with Crippen molar-refractivity contribution in [2.24, 2.45) is 10.2 Å². The van der Waals surface area contributed by atoms with Crippen LogP contribution in [0.25, 0.3) is 0 Å². The zero-order chi connectivity index (χ0) is 19.1. The van der Waals surface area contributed by atoms with E-state index in [0.29, 0.717) is 17.1 Å². The number of aliphatic carboxylic acids is 1. The number of benzene rings is 1. The van der Waals surface area contributed by atoms with Gasteiger partial charge in [0.1, 0.15) is 11.3 Å². The number of carbonyl (C=O) groups is 2. The smallest absolute Gasteiger partial charge is 0.305 e. The molecule has 1 saturated heterocycles. The van der Waals surface area contributed by atoms with Crippen molar-refractivity contribution in [3.63, 3.8) is 0 Å². The van der Waals surface area contributed by atoms with Crippen LogP contribution in [-0.4, -0.2) is 47.3 Å². The number of nitrogens with zero attached hydrogens (tertiary/aromatic N) is 3. The van der Waals surface area contributed by atoms with E-state index in [1.807, 2.05) is 6.07 Å². The molecule has 0 aromatic heterocycles. The van der Waals surface area contributed by atoms with Gasteiger partial charge in [-0.3, -0.25) is 9.59 Å². The number of amides is 1. The lowest BCUT2D eigenvalue weighted by Gasteiger charge is -2.11. The molecule has 1 amide bonds. The number of halogens is 1. The summed E-state index contributed by atoms with van der Waals surface area (Å²) in [5.74, 6) is -0.538. The van der Waals surface area contributed by atoms with Gasteiger partial charge >= 0.3 is 5.97 Å². The van der Waals surface area contributed by atoms with Crippen LogP contribution in [0.3, 0.4) is 0 Å². The molecule has 1 fully saturated rings. The molecule has 1 atom stereocenters. The Balaban J connectivity index is 2.11. The van der Waals surface area contributed by atoms with Crippen LogP contribution >= 0.6 is 34.4 Å². The maximum atomic E-state index is 11.6. The summed E-state index contributed by atoms with van der Waals surface area (Å²) >= 11 is 3.07. The van der Waals surface area contributed by atoms with Gasteiger partial charge < -0.3 is 19.9 Å². The van der Waals surface area contributed by atoms with Crippen LogP contribution < -0.4 is 14.8 Å². The van der Waals surface area contributed by atoms with Gasteiger partial charge in [0.2, 0.25) is 5.91 Å². The molecule has 2 rings (SSSR count). The molecular formula is C15H13IN4O5S. The fraction of sp³-hybridized carbons (Fsp3) is 0.267. The van der Waals surface area contributed by atoms with Crippen LogP contribution in [0.2, 0.25) is 0 Å². The predicted molar refractivity (Wildman–Crippen MR) is 104 cm³/mol. The van der Waals surface area contributed by atoms with E-state index in [4.69, 9.17) is 19.8 Å². The monoisotopic (exact) mass is 488 g/mol. The Morgan fingerprint density at radius 3 is 3.00 bits per heavy atom. The highest BCUT2D eigenvalue weighted by atomic mass is 127. The molecule has 1 aromatic carbocycles. The van der Waals surface area contributed by atoms with Gasteiger partial charge in [0, 0.05) is 0 Å². The minimum atomic E-state index is -1.05. The highest BCUT2D eigenvalue weighted by Gasteiger charge is 2.32. The number of hydrogen-bond acceptors (Lipinski definition) is 8. The molecular weight excluding hydrogens is 475 g/mol. The lowest BCUT2D eigenvalue weighted by molar-refractivity contribution is -0.138. The summed E-state index contributed by atoms with van der Waals surface area (Å²) in [5, 5.41) is 27.2. The standard InChI is InChI=1S/C15H13IN4O5S/c1-24-10-5-8(4-9(16)13(10)25-3-2-17)7-18-20-15-19-14(23)11(26-15)6-12(21)22/h4-5,7,11H,3,6H2,1H3,(H,21,22)(H,19,20,23). The van der Waals surface area contributed by atoms with Gasteiger partial charge in [0.15, 0.2) is 23.3 Å². The number of nitriles is 1. The number of ether oxygens (including phenoxy) is 2. The fourth-order valence-electron chi connectivity index (χ4n) is 1.95. The molecule has 0 spiro atoms. The molecule has 136 valence electrons. The largest absolute Gasteiger partial charge is 0.493 e. The lowest BCUT2D eigenvalue weighted by atomic mass is 10.2. The molecule has 9 nitrogen and oxygen atoms in total. The third kappa shape index (κ3) is 5.33. The summed E-state index contributed by atoms with van der Waals surface area (Å²) in [5.41, 5.74) is 0.677. The minimum absolute atomic E-state index is 0.0954. The Morgan fingerprint density at radius 1 is 1.58 bits per heavy atom. The van der Waals surface area contributed by atoms with E-state index in [9.17, 15) is 9.59 Å². The van der Waals surface area contributed by atoms with Crippen molar-refractivity contribution in [3.8, 4) is 17.6 Å². The van der Waals surface area contributed by atoms with E-state index in [0.717, 1.165) is 15.3 Å². The van der Waals surface area contributed by atoms with E-state index in [2.05, 4.69) is 38.1 Å². The van der Waals surface area contributed by atoms with Crippen LogP contribution in [0.15, 0.2) is 22.3 Å². The van der Waals surface area contributed by atoms with Gasteiger partial charge in [0.25, 0.3) is 0 Å². The average Bonchev–Trinajstić information content (AvgIpc) is 2.92. The van der Waals surface area contributed by atoms with Gasteiger partial charge in [-0.1, -0.05) is 11.8 Å². The number of carboxylic acids is 1. The van der Waals surface area contributed by atoms with Crippen molar-refractivity contribution in [3.05, 3.63) is 21.3 Å². The van der Waals surface area contributed by atoms with Crippen molar-refractivity contribution in [1.29, 1.82) is 5.26 Å². The molecule has 2 N–H and O–H groups in total. The second kappa shape index (κ2) is 9.39. The number of thioether (sulfide) groups is 1. The third-order valence-corrected chi connectivity index (χ3v) is 4.90. The highest BCUT2D eigenvalue weighted by Crippen LogP contribution is 2.33. The number of rotatable bonds is 7. The van der Waals surface area contributed by atoms with E-state index in [-0.39, 0.29) is 18.2 Å². The molecule has 1 heterocycles. The molecule has 0 saturated carbocycles. The lowest BCUT2D eigenvalue weighted by Crippen LogP contribution is -2.26. The Hall–Kier alpha value is -2.33.